The molecular weight excluding hydrogens is 556 g/mol. The monoisotopic (exact) mass is 582 g/mol. The number of thiazole rings is 1. The zero-order chi connectivity index (χ0) is 28.3. The van der Waals surface area contributed by atoms with E-state index < -0.39 is 12.0 Å². The lowest BCUT2D eigenvalue weighted by Gasteiger charge is -2.25. The fourth-order valence-corrected chi connectivity index (χ4v) is 5.92. The van der Waals surface area contributed by atoms with Crippen LogP contribution in [0.4, 0.5) is 0 Å². The quantitative estimate of drug-likeness (QED) is 0.220. The molecule has 7 nitrogen and oxygen atoms in total. The van der Waals surface area contributed by atoms with Crippen LogP contribution in [0.2, 0.25) is 5.02 Å². The molecule has 2 aromatic carbocycles. The number of carbonyl (C=O) groups is 1. The Morgan fingerprint density at radius 1 is 1.31 bits per heavy atom. The van der Waals surface area contributed by atoms with Gasteiger partial charge in [-0.1, -0.05) is 41.0 Å². The third-order valence-corrected chi connectivity index (χ3v) is 7.87. The molecule has 1 atom stereocenters. The summed E-state index contributed by atoms with van der Waals surface area (Å²) in [5.74, 6) is 2.61. The first-order chi connectivity index (χ1) is 18.7. The molecule has 10 heteroatoms. The van der Waals surface area contributed by atoms with Crippen molar-refractivity contribution in [2.45, 2.75) is 37.8 Å². The number of esters is 1. The van der Waals surface area contributed by atoms with E-state index in [1.807, 2.05) is 30.5 Å². The average molecular weight is 583 g/mol. The van der Waals surface area contributed by atoms with Crippen LogP contribution in [-0.4, -0.2) is 36.6 Å². The van der Waals surface area contributed by atoms with Gasteiger partial charge < -0.3 is 14.2 Å². The topological polar surface area (TPSA) is 79.1 Å². The summed E-state index contributed by atoms with van der Waals surface area (Å²) < 4.78 is 18.5. The molecule has 3 aromatic rings. The SMILES string of the molecule is C#CCOc1c(Cl)cc(/C=c2\sc3n(c2=O)[C@H](c2ccc(SC)cc2)C(C(=O)OC(C)C)=C(C)N=3)cc1OC. The highest BCUT2D eigenvalue weighted by Crippen LogP contribution is 2.37. The van der Waals surface area contributed by atoms with Gasteiger partial charge in [-0.2, -0.15) is 0 Å². The Morgan fingerprint density at radius 2 is 2.03 bits per heavy atom. The summed E-state index contributed by atoms with van der Waals surface area (Å²) in [6, 6.07) is 10.5. The first-order valence-electron chi connectivity index (χ1n) is 12.0. The maximum Gasteiger partial charge on any atom is 0.338 e. The van der Waals surface area contributed by atoms with Gasteiger partial charge in [0.15, 0.2) is 16.3 Å². The minimum Gasteiger partial charge on any atom is -0.493 e. The molecule has 1 aliphatic heterocycles. The minimum absolute atomic E-state index is 0.0346. The van der Waals surface area contributed by atoms with E-state index >= 15 is 0 Å². The van der Waals surface area contributed by atoms with Gasteiger partial charge in [0.2, 0.25) is 0 Å². The molecule has 0 saturated carbocycles. The van der Waals surface area contributed by atoms with E-state index in [-0.39, 0.29) is 18.3 Å². The highest BCUT2D eigenvalue weighted by Gasteiger charge is 2.33. The first kappa shape index (κ1) is 28.6. The molecule has 1 aliphatic rings. The predicted molar refractivity (Wildman–Crippen MR) is 156 cm³/mol. The number of terminal acetylenes is 1. The van der Waals surface area contributed by atoms with Crippen molar-refractivity contribution in [2.24, 2.45) is 4.99 Å². The molecule has 0 unspecified atom stereocenters. The molecule has 39 heavy (non-hydrogen) atoms. The summed E-state index contributed by atoms with van der Waals surface area (Å²) >= 11 is 9.28. The molecule has 202 valence electrons. The molecular formula is C29H27ClN2O5S2. The Morgan fingerprint density at radius 3 is 2.64 bits per heavy atom. The van der Waals surface area contributed by atoms with Crippen LogP contribution in [0.15, 0.2) is 62.4 Å². The van der Waals surface area contributed by atoms with Gasteiger partial charge in [-0.05, 0) is 68.5 Å². The molecule has 0 saturated heterocycles. The number of aromatic nitrogens is 1. The maximum absolute atomic E-state index is 13.9. The predicted octanol–water partition coefficient (Wildman–Crippen LogP) is 4.58. The summed E-state index contributed by atoms with van der Waals surface area (Å²) in [5, 5.41) is 0.296. The number of fused-ring (bicyclic) bond motifs is 1. The number of ether oxygens (including phenoxy) is 3. The normalized spacial score (nSPS) is 15.0. The number of allylic oxidation sites excluding steroid dienone is 1. The first-order valence-corrected chi connectivity index (χ1v) is 14.4. The van der Waals surface area contributed by atoms with E-state index in [1.54, 1.807) is 55.3 Å². The van der Waals surface area contributed by atoms with Crippen LogP contribution in [0, 0.1) is 12.3 Å². The molecule has 0 bridgehead atoms. The van der Waals surface area contributed by atoms with Gasteiger partial charge in [-0.15, -0.1) is 18.2 Å². The van der Waals surface area contributed by atoms with E-state index in [0.717, 1.165) is 10.5 Å². The zero-order valence-electron chi connectivity index (χ0n) is 22.1. The lowest BCUT2D eigenvalue weighted by molar-refractivity contribution is -0.143. The Balaban J connectivity index is 1.90. The second-order valence-corrected chi connectivity index (χ2v) is 11.1. The van der Waals surface area contributed by atoms with Crippen LogP contribution in [0.1, 0.15) is 37.9 Å². The van der Waals surface area contributed by atoms with Gasteiger partial charge in [0.1, 0.15) is 6.61 Å². The smallest absolute Gasteiger partial charge is 0.338 e. The third-order valence-electron chi connectivity index (χ3n) is 5.87. The standard InChI is InChI=1S/C29H27ClN2O5S2/c1-7-12-36-26-21(30)13-18(14-22(26)35-5)15-23-27(33)32-25(19-8-10-20(38-6)11-9-19)24(28(34)37-16(2)3)17(4)31-29(32)39-23/h1,8-11,13-16,25H,12H2,2-6H3/b23-15-/t25-/m1/s1. The van der Waals surface area contributed by atoms with Crippen molar-refractivity contribution in [3.63, 3.8) is 0 Å². The maximum atomic E-state index is 13.9. The average Bonchev–Trinajstić information content (AvgIpc) is 3.20. The van der Waals surface area contributed by atoms with E-state index in [9.17, 15) is 9.59 Å². The van der Waals surface area contributed by atoms with Crippen molar-refractivity contribution in [3.05, 3.63) is 83.5 Å². The molecule has 0 N–H and O–H groups in total. The van der Waals surface area contributed by atoms with Gasteiger partial charge in [0.25, 0.3) is 5.56 Å². The number of thioether (sulfide) groups is 1. The number of halogens is 1. The largest absolute Gasteiger partial charge is 0.493 e. The Labute approximate surface area is 239 Å². The number of benzene rings is 2. The van der Waals surface area contributed by atoms with Crippen molar-refractivity contribution >= 4 is 46.7 Å². The molecule has 0 spiro atoms. The summed E-state index contributed by atoms with van der Waals surface area (Å²) in [6.07, 6.45) is 8.68. The zero-order valence-corrected chi connectivity index (χ0v) is 24.5. The minimum atomic E-state index is -0.691. The van der Waals surface area contributed by atoms with Crippen LogP contribution >= 0.6 is 34.7 Å². The molecule has 0 radical (unpaired) electrons. The van der Waals surface area contributed by atoms with E-state index in [0.29, 0.717) is 42.7 Å². The van der Waals surface area contributed by atoms with Crippen molar-refractivity contribution in [2.75, 3.05) is 20.0 Å². The highest BCUT2D eigenvalue weighted by atomic mass is 35.5. The summed E-state index contributed by atoms with van der Waals surface area (Å²) in [5.41, 5.74) is 1.96. The Hall–Kier alpha value is -3.45. The van der Waals surface area contributed by atoms with Gasteiger partial charge in [-0.3, -0.25) is 9.36 Å². The van der Waals surface area contributed by atoms with Crippen molar-refractivity contribution in [1.82, 2.24) is 4.57 Å². The van der Waals surface area contributed by atoms with Gasteiger partial charge in [-0.25, -0.2) is 9.79 Å². The highest BCUT2D eigenvalue weighted by molar-refractivity contribution is 7.98. The van der Waals surface area contributed by atoms with Crippen molar-refractivity contribution in [1.29, 1.82) is 0 Å². The van der Waals surface area contributed by atoms with Gasteiger partial charge in [0, 0.05) is 4.90 Å². The van der Waals surface area contributed by atoms with Crippen LogP contribution < -0.4 is 24.4 Å². The van der Waals surface area contributed by atoms with Gasteiger partial charge >= 0.3 is 5.97 Å². The molecule has 1 aromatic heterocycles. The lowest BCUT2D eigenvalue weighted by Crippen LogP contribution is -2.40. The third kappa shape index (κ3) is 5.93. The molecule has 0 fully saturated rings. The van der Waals surface area contributed by atoms with E-state index in [2.05, 4.69) is 10.9 Å². The van der Waals surface area contributed by atoms with Crippen LogP contribution in [0.25, 0.3) is 6.08 Å². The van der Waals surface area contributed by atoms with Crippen molar-refractivity contribution < 1.29 is 19.0 Å². The summed E-state index contributed by atoms with van der Waals surface area (Å²) in [7, 11) is 1.49. The Kier molecular flexibility index (Phi) is 8.90. The second-order valence-electron chi connectivity index (χ2n) is 8.84. The van der Waals surface area contributed by atoms with E-state index in [1.165, 1.54) is 18.4 Å². The fourth-order valence-electron chi connectivity index (χ4n) is 4.19. The van der Waals surface area contributed by atoms with Crippen molar-refractivity contribution in [3.8, 4) is 23.8 Å². The fraction of sp³-hybridized carbons (Fsp3) is 0.276. The summed E-state index contributed by atoms with van der Waals surface area (Å²) in [6.45, 7) is 5.37. The number of methoxy groups -OCH3 is 1. The van der Waals surface area contributed by atoms with Crippen LogP contribution in [0.5, 0.6) is 11.5 Å². The molecule has 4 rings (SSSR count). The number of rotatable bonds is 8. The number of nitrogens with zero attached hydrogens (tertiary/aromatic N) is 2. The van der Waals surface area contributed by atoms with E-state index in [4.69, 9.17) is 32.2 Å². The number of hydrogen-bond donors (Lipinski definition) is 0. The lowest BCUT2D eigenvalue weighted by atomic mass is 9.96. The number of carbonyl (C=O) groups excluding carboxylic acids is 1. The van der Waals surface area contributed by atoms with Gasteiger partial charge in [0.05, 0.1) is 40.1 Å². The summed E-state index contributed by atoms with van der Waals surface area (Å²) in [4.78, 5) is 33.3. The molecule has 0 aliphatic carbocycles. The van der Waals surface area contributed by atoms with Crippen LogP contribution in [0.3, 0.4) is 0 Å². The Bertz CT molecular complexity index is 1660. The molecule has 2 heterocycles. The number of hydrogen-bond acceptors (Lipinski definition) is 8. The van der Waals surface area contributed by atoms with Crippen LogP contribution in [-0.2, 0) is 9.53 Å². The second kappa shape index (κ2) is 12.2. The molecule has 0 amide bonds.